The summed E-state index contributed by atoms with van der Waals surface area (Å²) in [6.07, 6.45) is 1.57. The highest BCUT2D eigenvalue weighted by atomic mass is 32.2. The molecule has 0 saturated heterocycles. The van der Waals surface area contributed by atoms with Crippen molar-refractivity contribution in [3.63, 3.8) is 0 Å². The van der Waals surface area contributed by atoms with Crippen LogP contribution in [0.3, 0.4) is 0 Å². The lowest BCUT2D eigenvalue weighted by atomic mass is 10.1. The molecule has 41 heavy (non-hydrogen) atoms. The monoisotopic (exact) mass is 567 g/mol. The number of nitrogens with one attached hydrogen (secondary N) is 3. The molecule has 0 saturated carbocycles. The van der Waals surface area contributed by atoms with Crippen LogP contribution in [0.1, 0.15) is 15.9 Å². The average Bonchev–Trinajstić information content (AvgIpc) is 3.01. The maximum absolute atomic E-state index is 13.4. The Kier molecular flexibility index (Phi) is 10.2. The Balaban J connectivity index is 1.45. The van der Waals surface area contributed by atoms with Crippen LogP contribution in [-0.4, -0.2) is 37.7 Å². The summed E-state index contributed by atoms with van der Waals surface area (Å²) in [6, 6.07) is 30.0. The van der Waals surface area contributed by atoms with Crippen LogP contribution in [0, 0.1) is 0 Å². The van der Waals surface area contributed by atoms with Crippen molar-refractivity contribution in [2.45, 2.75) is 4.90 Å². The van der Waals surface area contributed by atoms with E-state index in [9.17, 15) is 14.4 Å². The van der Waals surface area contributed by atoms with Gasteiger partial charge in [-0.15, -0.1) is 11.8 Å². The topological polar surface area (TPSA) is 106 Å². The molecule has 9 heteroatoms. The highest BCUT2D eigenvalue weighted by Gasteiger charge is 2.16. The van der Waals surface area contributed by atoms with Gasteiger partial charge >= 0.3 is 0 Å². The molecule has 0 aliphatic carbocycles. The summed E-state index contributed by atoms with van der Waals surface area (Å²) in [5, 5.41) is 8.42. The molecule has 3 N–H and O–H groups in total. The molecule has 208 valence electrons. The minimum atomic E-state index is -0.514. The lowest BCUT2D eigenvalue weighted by Crippen LogP contribution is -2.30. The minimum Gasteiger partial charge on any atom is -0.497 e. The summed E-state index contributed by atoms with van der Waals surface area (Å²) in [4.78, 5) is 39.5. The number of thioether (sulfide) groups is 1. The molecule has 0 aromatic heterocycles. The van der Waals surface area contributed by atoms with E-state index < -0.39 is 11.8 Å². The SMILES string of the molecule is COc1ccc(NC(=O)CSc2cccc(NC(=O)/C(=C\c3ccccc3OC)NC(=O)c3ccccc3)c2)cc1. The number of carbonyl (C=O) groups is 3. The fourth-order valence-corrected chi connectivity index (χ4v) is 4.52. The van der Waals surface area contributed by atoms with E-state index in [-0.39, 0.29) is 17.4 Å². The van der Waals surface area contributed by atoms with Crippen LogP contribution < -0.4 is 25.4 Å². The Morgan fingerprint density at radius 1 is 0.756 bits per heavy atom. The maximum atomic E-state index is 13.4. The number of rotatable bonds is 11. The van der Waals surface area contributed by atoms with Gasteiger partial charge in [0.1, 0.15) is 17.2 Å². The van der Waals surface area contributed by atoms with Crippen LogP contribution in [-0.2, 0) is 9.59 Å². The van der Waals surface area contributed by atoms with Gasteiger partial charge in [-0.25, -0.2) is 0 Å². The van der Waals surface area contributed by atoms with Crippen LogP contribution in [0.5, 0.6) is 11.5 Å². The first-order chi connectivity index (χ1) is 19.9. The Morgan fingerprint density at radius 3 is 2.22 bits per heavy atom. The summed E-state index contributed by atoms with van der Waals surface area (Å²) in [5.41, 5.74) is 2.26. The van der Waals surface area contributed by atoms with E-state index in [0.29, 0.717) is 34.0 Å². The van der Waals surface area contributed by atoms with Crippen molar-refractivity contribution < 1.29 is 23.9 Å². The van der Waals surface area contributed by atoms with Crippen molar-refractivity contribution in [2.75, 3.05) is 30.6 Å². The van der Waals surface area contributed by atoms with Crippen molar-refractivity contribution in [3.8, 4) is 11.5 Å². The molecule has 0 unspecified atom stereocenters. The number of hydrogen-bond donors (Lipinski definition) is 3. The van der Waals surface area contributed by atoms with Gasteiger partial charge in [-0.2, -0.15) is 0 Å². The smallest absolute Gasteiger partial charge is 0.272 e. The van der Waals surface area contributed by atoms with Gasteiger partial charge in [0.15, 0.2) is 0 Å². The molecule has 0 radical (unpaired) electrons. The normalized spacial score (nSPS) is 10.8. The van der Waals surface area contributed by atoms with Gasteiger partial charge in [0.2, 0.25) is 5.91 Å². The zero-order valence-electron chi connectivity index (χ0n) is 22.5. The first kappa shape index (κ1) is 29.0. The summed E-state index contributed by atoms with van der Waals surface area (Å²) in [6.45, 7) is 0. The number of amides is 3. The van der Waals surface area contributed by atoms with Crippen molar-refractivity contribution in [2.24, 2.45) is 0 Å². The van der Waals surface area contributed by atoms with E-state index in [4.69, 9.17) is 9.47 Å². The number of benzene rings is 4. The number of ether oxygens (including phenoxy) is 2. The second kappa shape index (κ2) is 14.4. The van der Waals surface area contributed by atoms with E-state index in [1.54, 1.807) is 92.0 Å². The summed E-state index contributed by atoms with van der Waals surface area (Å²) < 4.78 is 10.5. The predicted molar refractivity (Wildman–Crippen MR) is 162 cm³/mol. The highest BCUT2D eigenvalue weighted by molar-refractivity contribution is 8.00. The summed E-state index contributed by atoms with van der Waals surface area (Å²) in [7, 11) is 3.12. The minimum absolute atomic E-state index is 0.0419. The Hall–Kier alpha value is -5.02. The molecular weight excluding hydrogens is 538 g/mol. The van der Waals surface area contributed by atoms with Gasteiger partial charge in [-0.3, -0.25) is 14.4 Å². The molecule has 0 aliphatic rings. The van der Waals surface area contributed by atoms with Gasteiger partial charge in [0.05, 0.1) is 20.0 Å². The fraction of sp³-hybridized carbons (Fsp3) is 0.0938. The second-order valence-corrected chi connectivity index (χ2v) is 9.72. The van der Waals surface area contributed by atoms with E-state index in [2.05, 4.69) is 16.0 Å². The van der Waals surface area contributed by atoms with Crippen LogP contribution in [0.15, 0.2) is 114 Å². The molecule has 8 nitrogen and oxygen atoms in total. The van der Waals surface area contributed by atoms with Gasteiger partial charge in [-0.05, 0) is 66.7 Å². The first-order valence-corrected chi connectivity index (χ1v) is 13.6. The molecule has 0 spiro atoms. The summed E-state index contributed by atoms with van der Waals surface area (Å²) in [5.74, 6) is 0.332. The molecule has 0 fully saturated rings. The third kappa shape index (κ3) is 8.48. The van der Waals surface area contributed by atoms with Gasteiger partial charge in [-0.1, -0.05) is 42.5 Å². The van der Waals surface area contributed by atoms with Crippen LogP contribution in [0.2, 0.25) is 0 Å². The largest absolute Gasteiger partial charge is 0.497 e. The maximum Gasteiger partial charge on any atom is 0.272 e. The summed E-state index contributed by atoms with van der Waals surface area (Å²) >= 11 is 1.33. The van der Waals surface area contributed by atoms with E-state index >= 15 is 0 Å². The fourth-order valence-electron chi connectivity index (χ4n) is 3.77. The van der Waals surface area contributed by atoms with E-state index in [1.165, 1.54) is 18.9 Å². The molecule has 3 amide bonds. The number of hydrogen-bond acceptors (Lipinski definition) is 6. The third-order valence-corrected chi connectivity index (χ3v) is 6.80. The lowest BCUT2D eigenvalue weighted by Gasteiger charge is -2.13. The third-order valence-electron chi connectivity index (χ3n) is 5.80. The molecule has 0 atom stereocenters. The molecule has 0 aliphatic heterocycles. The van der Waals surface area contributed by atoms with Gasteiger partial charge < -0.3 is 25.4 Å². The molecule has 0 heterocycles. The standard InChI is InChI=1S/C32H29N3O5S/c1-39-26-17-15-24(16-18-26)33-30(36)21-41-27-13-8-12-25(20-27)34-32(38)28(19-23-11-6-7-14-29(23)40-2)35-31(37)22-9-4-3-5-10-22/h3-20H,21H2,1-2H3,(H,33,36)(H,34,38)(H,35,37)/b28-19+. The zero-order valence-corrected chi connectivity index (χ0v) is 23.4. The average molecular weight is 568 g/mol. The highest BCUT2D eigenvalue weighted by Crippen LogP contribution is 2.24. The first-order valence-electron chi connectivity index (χ1n) is 12.6. The number of anilines is 2. The number of methoxy groups -OCH3 is 2. The quantitative estimate of drug-likeness (QED) is 0.155. The predicted octanol–water partition coefficient (Wildman–Crippen LogP) is 5.84. The van der Waals surface area contributed by atoms with Crippen LogP contribution in [0.4, 0.5) is 11.4 Å². The molecule has 4 aromatic carbocycles. The molecule has 4 aromatic rings. The Morgan fingerprint density at radius 2 is 1.49 bits per heavy atom. The number of carbonyl (C=O) groups excluding carboxylic acids is 3. The molecular formula is C32H29N3O5S. The van der Waals surface area contributed by atoms with E-state index in [0.717, 1.165) is 4.90 Å². The zero-order chi connectivity index (χ0) is 29.0. The molecule has 0 bridgehead atoms. The Labute approximate surface area is 242 Å². The molecule has 4 rings (SSSR count). The van der Waals surface area contributed by atoms with Crippen molar-refractivity contribution in [1.82, 2.24) is 5.32 Å². The van der Waals surface area contributed by atoms with Crippen LogP contribution >= 0.6 is 11.8 Å². The van der Waals surface area contributed by atoms with Crippen molar-refractivity contribution in [3.05, 3.63) is 120 Å². The van der Waals surface area contributed by atoms with E-state index in [1.807, 2.05) is 24.3 Å². The van der Waals surface area contributed by atoms with Crippen LogP contribution in [0.25, 0.3) is 6.08 Å². The lowest BCUT2D eigenvalue weighted by molar-refractivity contribution is -0.114. The van der Waals surface area contributed by atoms with Crippen molar-refractivity contribution >= 4 is 46.9 Å². The van der Waals surface area contributed by atoms with Gasteiger partial charge in [0.25, 0.3) is 11.8 Å². The van der Waals surface area contributed by atoms with Gasteiger partial charge in [0, 0.05) is 27.4 Å². The number of para-hydroxylation sites is 1. The Bertz CT molecular complexity index is 1540. The second-order valence-electron chi connectivity index (χ2n) is 8.67. The van der Waals surface area contributed by atoms with Crippen molar-refractivity contribution in [1.29, 1.82) is 0 Å².